The van der Waals surface area contributed by atoms with E-state index in [0.717, 1.165) is 0 Å². The first kappa shape index (κ1) is 14.6. The van der Waals surface area contributed by atoms with Crippen LogP contribution in [0.1, 0.15) is 12.8 Å². The van der Waals surface area contributed by atoms with Crippen molar-refractivity contribution in [3.05, 3.63) is 30.3 Å². The van der Waals surface area contributed by atoms with Crippen molar-refractivity contribution in [3.63, 3.8) is 0 Å². The fourth-order valence-corrected chi connectivity index (χ4v) is 2.99. The molecule has 1 rings (SSSR count). The normalized spacial score (nSPS) is 13.8. The molecule has 0 aliphatic rings. The van der Waals surface area contributed by atoms with Crippen molar-refractivity contribution in [3.8, 4) is 0 Å². The zero-order valence-electron chi connectivity index (χ0n) is 9.69. The number of hydrogen-bond donors (Lipinski definition) is 3. The number of rotatable bonds is 7. The average molecular weight is 270 g/mol. The molecule has 2 unspecified atom stereocenters. The molecule has 0 bridgehead atoms. The Morgan fingerprint density at radius 3 is 2.28 bits per heavy atom. The van der Waals surface area contributed by atoms with Crippen molar-refractivity contribution in [2.45, 2.75) is 12.8 Å². The lowest BCUT2D eigenvalue weighted by Crippen LogP contribution is -2.20. The highest BCUT2D eigenvalue weighted by Crippen LogP contribution is 2.33. The fourth-order valence-electron chi connectivity index (χ4n) is 1.50. The van der Waals surface area contributed by atoms with Crippen LogP contribution in [0.15, 0.2) is 30.3 Å². The quantitative estimate of drug-likeness (QED) is 0.648. The SMILES string of the molecule is O=C(O)CCC(CP(O)c1ccccc1)C(=O)O. The lowest BCUT2D eigenvalue weighted by molar-refractivity contribution is -0.142. The van der Waals surface area contributed by atoms with Gasteiger partial charge in [0, 0.05) is 17.9 Å². The van der Waals surface area contributed by atoms with E-state index in [4.69, 9.17) is 10.2 Å². The molecule has 0 amide bonds. The first-order valence-electron chi connectivity index (χ1n) is 5.46. The summed E-state index contributed by atoms with van der Waals surface area (Å²) >= 11 is 0. The molecule has 0 saturated heterocycles. The van der Waals surface area contributed by atoms with Gasteiger partial charge in [-0.3, -0.25) is 9.59 Å². The molecule has 2 atom stereocenters. The van der Waals surface area contributed by atoms with E-state index >= 15 is 0 Å². The summed E-state index contributed by atoms with van der Waals surface area (Å²) in [6, 6.07) is 8.83. The molecule has 18 heavy (non-hydrogen) atoms. The fraction of sp³-hybridized carbons (Fsp3) is 0.333. The minimum absolute atomic E-state index is 0.0386. The Morgan fingerprint density at radius 1 is 1.17 bits per heavy atom. The lowest BCUT2D eigenvalue weighted by Gasteiger charge is -2.16. The second-order valence-corrected chi connectivity index (χ2v) is 5.57. The van der Waals surface area contributed by atoms with E-state index in [2.05, 4.69) is 0 Å². The topological polar surface area (TPSA) is 94.8 Å². The summed E-state index contributed by atoms with van der Waals surface area (Å²) in [4.78, 5) is 31.4. The van der Waals surface area contributed by atoms with Gasteiger partial charge in [-0.25, -0.2) is 0 Å². The van der Waals surface area contributed by atoms with E-state index in [-0.39, 0.29) is 19.0 Å². The number of carbonyl (C=O) groups is 2. The molecule has 0 heterocycles. The second kappa shape index (κ2) is 7.09. The molecule has 0 aliphatic heterocycles. The summed E-state index contributed by atoms with van der Waals surface area (Å²) in [5, 5.41) is 18.2. The Morgan fingerprint density at radius 2 is 1.78 bits per heavy atom. The predicted molar refractivity (Wildman–Crippen MR) is 68.1 cm³/mol. The van der Waals surface area contributed by atoms with Crippen molar-refractivity contribution >= 4 is 25.4 Å². The largest absolute Gasteiger partial charge is 0.481 e. The van der Waals surface area contributed by atoms with Crippen LogP contribution in [0, 0.1) is 5.92 Å². The first-order chi connectivity index (χ1) is 8.50. The van der Waals surface area contributed by atoms with Crippen LogP contribution >= 0.6 is 8.15 Å². The van der Waals surface area contributed by atoms with Gasteiger partial charge in [0.15, 0.2) is 0 Å². The molecule has 0 aliphatic carbocycles. The summed E-state index contributed by atoms with van der Waals surface area (Å²) in [5.74, 6) is -2.91. The third-order valence-corrected chi connectivity index (χ3v) is 4.18. The van der Waals surface area contributed by atoms with Crippen molar-refractivity contribution < 1.29 is 24.7 Å². The van der Waals surface area contributed by atoms with Gasteiger partial charge in [0.25, 0.3) is 0 Å². The Balaban J connectivity index is 2.60. The van der Waals surface area contributed by atoms with Gasteiger partial charge < -0.3 is 15.1 Å². The van der Waals surface area contributed by atoms with Crippen LogP contribution in [0.2, 0.25) is 0 Å². The van der Waals surface area contributed by atoms with Gasteiger partial charge in [-0.2, -0.15) is 0 Å². The zero-order valence-corrected chi connectivity index (χ0v) is 10.6. The van der Waals surface area contributed by atoms with Gasteiger partial charge in [-0.1, -0.05) is 30.3 Å². The molecule has 1 aromatic carbocycles. The summed E-state index contributed by atoms with van der Waals surface area (Å²) in [6.45, 7) is 0. The maximum absolute atomic E-state index is 11.0. The molecular weight excluding hydrogens is 255 g/mol. The van der Waals surface area contributed by atoms with E-state index in [1.807, 2.05) is 6.07 Å². The Hall–Kier alpha value is -1.45. The van der Waals surface area contributed by atoms with Crippen molar-refractivity contribution in [1.82, 2.24) is 0 Å². The van der Waals surface area contributed by atoms with Gasteiger partial charge in [0.1, 0.15) is 0 Å². The predicted octanol–water partition coefficient (Wildman–Crippen LogP) is 1.27. The molecule has 0 spiro atoms. The maximum atomic E-state index is 11.0. The van der Waals surface area contributed by atoms with E-state index in [9.17, 15) is 14.5 Å². The molecule has 3 N–H and O–H groups in total. The monoisotopic (exact) mass is 270 g/mol. The molecule has 0 fully saturated rings. The number of aliphatic carboxylic acids is 2. The van der Waals surface area contributed by atoms with Gasteiger partial charge in [0.2, 0.25) is 0 Å². The van der Waals surface area contributed by atoms with Crippen LogP contribution in [-0.2, 0) is 9.59 Å². The molecule has 98 valence electrons. The Kier molecular flexibility index (Phi) is 5.75. The molecule has 5 nitrogen and oxygen atoms in total. The first-order valence-corrected chi connectivity index (χ1v) is 6.94. The minimum Gasteiger partial charge on any atom is -0.481 e. The Labute approximate surface area is 106 Å². The van der Waals surface area contributed by atoms with E-state index in [1.54, 1.807) is 24.3 Å². The van der Waals surface area contributed by atoms with Crippen LogP contribution in [0.3, 0.4) is 0 Å². The summed E-state index contributed by atoms with van der Waals surface area (Å²) in [5.41, 5.74) is 0. The van der Waals surface area contributed by atoms with Gasteiger partial charge in [-0.05, 0) is 6.42 Å². The minimum atomic E-state index is -1.55. The summed E-state index contributed by atoms with van der Waals surface area (Å²) in [6.07, 6.45) is -0.0756. The van der Waals surface area contributed by atoms with Gasteiger partial charge >= 0.3 is 11.9 Å². The molecule has 6 heteroatoms. The van der Waals surface area contributed by atoms with E-state index in [1.165, 1.54) is 0 Å². The van der Waals surface area contributed by atoms with Crippen molar-refractivity contribution in [2.75, 3.05) is 6.16 Å². The van der Waals surface area contributed by atoms with Crippen LogP contribution in [0.4, 0.5) is 0 Å². The molecular formula is C12H15O5P. The average Bonchev–Trinajstić information content (AvgIpc) is 2.34. The number of hydrogen-bond acceptors (Lipinski definition) is 3. The highest BCUT2D eigenvalue weighted by atomic mass is 31.1. The highest BCUT2D eigenvalue weighted by molar-refractivity contribution is 7.60. The number of benzene rings is 1. The van der Waals surface area contributed by atoms with Gasteiger partial charge in [0.05, 0.1) is 14.1 Å². The standard InChI is InChI=1S/C12H15O5P/c13-11(14)7-6-9(12(15)16)8-18(17)10-4-2-1-3-5-10/h1-5,9,17H,6-8H2,(H,13,14)(H,15,16). The zero-order chi connectivity index (χ0) is 13.5. The van der Waals surface area contributed by atoms with Crippen LogP contribution < -0.4 is 5.30 Å². The smallest absolute Gasteiger partial charge is 0.306 e. The van der Waals surface area contributed by atoms with Crippen LogP contribution in [-0.4, -0.2) is 33.2 Å². The third kappa shape index (κ3) is 4.82. The van der Waals surface area contributed by atoms with E-state index < -0.39 is 26.0 Å². The second-order valence-electron chi connectivity index (χ2n) is 3.89. The third-order valence-electron chi connectivity index (χ3n) is 2.50. The van der Waals surface area contributed by atoms with Crippen LogP contribution in [0.5, 0.6) is 0 Å². The maximum Gasteiger partial charge on any atom is 0.306 e. The molecule has 0 radical (unpaired) electrons. The number of carboxylic acids is 2. The molecule has 0 aromatic heterocycles. The highest BCUT2D eigenvalue weighted by Gasteiger charge is 2.23. The molecule has 1 aromatic rings. The molecule has 0 saturated carbocycles. The number of carboxylic acid groups (broad SMARTS) is 2. The lowest BCUT2D eigenvalue weighted by atomic mass is 10.1. The van der Waals surface area contributed by atoms with Gasteiger partial charge in [-0.15, -0.1) is 0 Å². The van der Waals surface area contributed by atoms with E-state index in [0.29, 0.717) is 5.30 Å². The summed E-state index contributed by atoms with van der Waals surface area (Å²) in [7, 11) is -1.55. The van der Waals surface area contributed by atoms with Crippen LogP contribution in [0.25, 0.3) is 0 Å². The van der Waals surface area contributed by atoms with Crippen molar-refractivity contribution in [2.24, 2.45) is 5.92 Å². The Bertz CT molecular complexity index is 406. The summed E-state index contributed by atoms with van der Waals surface area (Å²) < 4.78 is 0. The van der Waals surface area contributed by atoms with Crippen molar-refractivity contribution in [1.29, 1.82) is 0 Å².